The van der Waals surface area contributed by atoms with Crippen molar-refractivity contribution in [2.75, 3.05) is 0 Å². The second-order valence-electron chi connectivity index (χ2n) is 4.77. The van der Waals surface area contributed by atoms with Crippen LogP contribution in [0.1, 0.15) is 25.0 Å². The zero-order valence-corrected chi connectivity index (χ0v) is 10.9. The molecule has 0 saturated heterocycles. The summed E-state index contributed by atoms with van der Waals surface area (Å²) in [5.74, 6) is 0.338. The van der Waals surface area contributed by atoms with Gasteiger partial charge in [-0.15, -0.1) is 0 Å². The van der Waals surface area contributed by atoms with Crippen LogP contribution in [0.15, 0.2) is 48.5 Å². The van der Waals surface area contributed by atoms with Gasteiger partial charge in [-0.25, -0.2) is 0 Å². The van der Waals surface area contributed by atoms with Gasteiger partial charge in [0.05, 0.1) is 5.41 Å². The van der Waals surface area contributed by atoms with Crippen LogP contribution in [0.3, 0.4) is 0 Å². The average Bonchev–Trinajstić information content (AvgIpc) is 2.39. The standard InChI is InChI=1S/C16H16O3/c1-11(17)16(2,12-3-7-14(18)8-4-12)13-5-9-15(19)10-6-13/h3-10,18-19H,1-2H3. The highest BCUT2D eigenvalue weighted by Crippen LogP contribution is 2.34. The summed E-state index contributed by atoms with van der Waals surface area (Å²) < 4.78 is 0. The highest BCUT2D eigenvalue weighted by Gasteiger charge is 2.33. The van der Waals surface area contributed by atoms with E-state index in [0.29, 0.717) is 0 Å². The Hall–Kier alpha value is -2.29. The fourth-order valence-electron chi connectivity index (χ4n) is 2.16. The van der Waals surface area contributed by atoms with Crippen LogP contribution in [0.25, 0.3) is 0 Å². The lowest BCUT2D eigenvalue weighted by Crippen LogP contribution is -2.31. The number of hydrogen-bond donors (Lipinski definition) is 2. The van der Waals surface area contributed by atoms with E-state index in [0.717, 1.165) is 11.1 Å². The summed E-state index contributed by atoms with van der Waals surface area (Å²) in [6.45, 7) is 3.38. The summed E-state index contributed by atoms with van der Waals surface area (Å²) in [6.07, 6.45) is 0. The molecular formula is C16H16O3. The Morgan fingerprint density at radius 2 is 1.16 bits per heavy atom. The summed E-state index contributed by atoms with van der Waals surface area (Å²) in [5.41, 5.74) is 0.827. The van der Waals surface area contributed by atoms with Crippen molar-refractivity contribution >= 4 is 5.78 Å². The number of hydrogen-bond acceptors (Lipinski definition) is 3. The van der Waals surface area contributed by atoms with Crippen molar-refractivity contribution in [1.82, 2.24) is 0 Å². The number of Topliss-reactive ketones (excluding diaryl/α,β-unsaturated/α-hetero) is 1. The number of phenols is 2. The van der Waals surface area contributed by atoms with E-state index in [1.807, 2.05) is 6.92 Å². The highest BCUT2D eigenvalue weighted by molar-refractivity contribution is 5.91. The first-order valence-electron chi connectivity index (χ1n) is 6.04. The predicted molar refractivity (Wildman–Crippen MR) is 73.3 cm³/mol. The van der Waals surface area contributed by atoms with Crippen molar-refractivity contribution in [3.8, 4) is 11.5 Å². The SMILES string of the molecule is CC(=O)C(C)(c1ccc(O)cc1)c1ccc(O)cc1. The molecule has 98 valence electrons. The lowest BCUT2D eigenvalue weighted by molar-refractivity contribution is -0.120. The van der Waals surface area contributed by atoms with Gasteiger partial charge in [0.15, 0.2) is 0 Å². The summed E-state index contributed by atoms with van der Waals surface area (Å²) in [7, 11) is 0. The zero-order valence-electron chi connectivity index (χ0n) is 10.9. The maximum atomic E-state index is 12.1. The van der Waals surface area contributed by atoms with Crippen LogP contribution < -0.4 is 0 Å². The predicted octanol–water partition coefficient (Wildman–Crippen LogP) is 2.99. The average molecular weight is 256 g/mol. The van der Waals surface area contributed by atoms with Crippen molar-refractivity contribution < 1.29 is 15.0 Å². The Labute approximate surface area is 112 Å². The number of phenolic OH excluding ortho intramolecular Hbond substituents is 2. The Morgan fingerprint density at radius 3 is 1.42 bits per heavy atom. The molecule has 0 spiro atoms. The van der Waals surface area contributed by atoms with Crippen molar-refractivity contribution in [3.63, 3.8) is 0 Å². The Morgan fingerprint density at radius 1 is 0.842 bits per heavy atom. The van der Waals surface area contributed by atoms with E-state index >= 15 is 0 Å². The first kappa shape index (κ1) is 13.1. The van der Waals surface area contributed by atoms with E-state index in [1.54, 1.807) is 55.5 Å². The zero-order chi connectivity index (χ0) is 14.0. The van der Waals surface area contributed by atoms with Gasteiger partial charge in [0, 0.05) is 0 Å². The van der Waals surface area contributed by atoms with E-state index in [4.69, 9.17) is 0 Å². The fourth-order valence-corrected chi connectivity index (χ4v) is 2.16. The minimum absolute atomic E-state index is 0.00359. The van der Waals surface area contributed by atoms with Crippen molar-refractivity contribution in [3.05, 3.63) is 59.7 Å². The minimum Gasteiger partial charge on any atom is -0.508 e. The molecule has 2 rings (SSSR count). The van der Waals surface area contributed by atoms with Crippen LogP contribution in [0, 0.1) is 0 Å². The normalized spacial score (nSPS) is 11.3. The fraction of sp³-hybridized carbons (Fsp3) is 0.188. The largest absolute Gasteiger partial charge is 0.508 e. The second-order valence-corrected chi connectivity index (χ2v) is 4.77. The molecule has 0 atom stereocenters. The van der Waals surface area contributed by atoms with Crippen LogP contribution in [-0.4, -0.2) is 16.0 Å². The van der Waals surface area contributed by atoms with Crippen molar-refractivity contribution in [1.29, 1.82) is 0 Å². The molecule has 3 heteroatoms. The molecule has 0 bridgehead atoms. The molecule has 0 aliphatic heterocycles. The van der Waals surface area contributed by atoms with Gasteiger partial charge in [0.25, 0.3) is 0 Å². The molecule has 2 aromatic rings. The summed E-state index contributed by atoms with van der Waals surface area (Å²) in [4.78, 5) is 12.1. The van der Waals surface area contributed by atoms with Crippen molar-refractivity contribution in [2.24, 2.45) is 0 Å². The molecule has 2 aromatic carbocycles. The highest BCUT2D eigenvalue weighted by atomic mass is 16.3. The summed E-state index contributed by atoms with van der Waals surface area (Å²) >= 11 is 0. The molecule has 0 saturated carbocycles. The van der Waals surface area contributed by atoms with Crippen LogP contribution in [-0.2, 0) is 10.2 Å². The molecule has 0 amide bonds. The smallest absolute Gasteiger partial charge is 0.144 e. The summed E-state index contributed by atoms with van der Waals surface area (Å²) in [5, 5.41) is 18.7. The van der Waals surface area contributed by atoms with Crippen LogP contribution in [0.5, 0.6) is 11.5 Å². The van der Waals surface area contributed by atoms with E-state index in [-0.39, 0.29) is 17.3 Å². The van der Waals surface area contributed by atoms with Gasteiger partial charge < -0.3 is 10.2 Å². The third-order valence-corrected chi connectivity index (χ3v) is 3.59. The van der Waals surface area contributed by atoms with E-state index in [1.165, 1.54) is 0 Å². The van der Waals surface area contributed by atoms with Gasteiger partial charge in [0.2, 0.25) is 0 Å². The Bertz CT molecular complexity index is 537. The molecule has 0 heterocycles. The first-order valence-corrected chi connectivity index (χ1v) is 6.04. The van der Waals surface area contributed by atoms with E-state index in [9.17, 15) is 15.0 Å². The molecule has 0 aromatic heterocycles. The maximum absolute atomic E-state index is 12.1. The van der Waals surface area contributed by atoms with Gasteiger partial charge in [-0.3, -0.25) is 4.79 Å². The maximum Gasteiger partial charge on any atom is 0.144 e. The Balaban J connectivity index is 2.57. The Kier molecular flexibility index (Phi) is 3.30. The van der Waals surface area contributed by atoms with E-state index in [2.05, 4.69) is 0 Å². The number of rotatable bonds is 3. The third kappa shape index (κ3) is 2.32. The quantitative estimate of drug-likeness (QED) is 0.887. The molecule has 0 aliphatic rings. The van der Waals surface area contributed by atoms with Gasteiger partial charge in [0.1, 0.15) is 17.3 Å². The van der Waals surface area contributed by atoms with Gasteiger partial charge in [-0.2, -0.15) is 0 Å². The van der Waals surface area contributed by atoms with Crippen LogP contribution in [0.4, 0.5) is 0 Å². The topological polar surface area (TPSA) is 57.5 Å². The molecule has 0 fully saturated rings. The lowest BCUT2D eigenvalue weighted by Gasteiger charge is -2.28. The van der Waals surface area contributed by atoms with E-state index < -0.39 is 5.41 Å². The molecule has 3 nitrogen and oxygen atoms in total. The molecule has 0 radical (unpaired) electrons. The van der Waals surface area contributed by atoms with Gasteiger partial charge in [-0.05, 0) is 49.2 Å². The number of benzene rings is 2. The van der Waals surface area contributed by atoms with Gasteiger partial charge >= 0.3 is 0 Å². The van der Waals surface area contributed by atoms with Gasteiger partial charge in [-0.1, -0.05) is 24.3 Å². The summed E-state index contributed by atoms with van der Waals surface area (Å²) in [6, 6.07) is 13.2. The number of carbonyl (C=O) groups excluding carboxylic acids is 1. The van der Waals surface area contributed by atoms with Crippen LogP contribution >= 0.6 is 0 Å². The molecule has 0 aliphatic carbocycles. The monoisotopic (exact) mass is 256 g/mol. The van der Waals surface area contributed by atoms with Crippen molar-refractivity contribution in [2.45, 2.75) is 19.3 Å². The second kappa shape index (κ2) is 4.76. The molecule has 2 N–H and O–H groups in total. The number of ketones is 1. The first-order chi connectivity index (χ1) is 8.94. The minimum atomic E-state index is -0.790. The van der Waals surface area contributed by atoms with Crippen LogP contribution in [0.2, 0.25) is 0 Å². The lowest BCUT2D eigenvalue weighted by atomic mass is 9.73. The third-order valence-electron chi connectivity index (χ3n) is 3.59. The molecular weight excluding hydrogens is 240 g/mol. The number of carbonyl (C=O) groups is 1. The molecule has 19 heavy (non-hydrogen) atoms. The number of aromatic hydroxyl groups is 2. The molecule has 0 unspecified atom stereocenters.